The Morgan fingerprint density at radius 2 is 2.11 bits per heavy atom. The lowest BCUT2D eigenvalue weighted by molar-refractivity contribution is 0.0632. The molecule has 0 amide bonds. The zero-order valence-corrected chi connectivity index (χ0v) is 11.4. The van der Waals surface area contributed by atoms with E-state index >= 15 is 0 Å². The van der Waals surface area contributed by atoms with Crippen molar-refractivity contribution in [1.82, 2.24) is 9.29 Å². The predicted molar refractivity (Wildman–Crippen MR) is 67.7 cm³/mol. The van der Waals surface area contributed by atoms with E-state index in [1.807, 2.05) is 6.07 Å². The minimum Gasteiger partial charge on any atom is -0.381 e. The van der Waals surface area contributed by atoms with E-state index in [0.717, 1.165) is 0 Å². The molecule has 2 heterocycles. The van der Waals surface area contributed by atoms with Crippen molar-refractivity contribution in [3.8, 4) is 6.07 Å². The van der Waals surface area contributed by atoms with Gasteiger partial charge in [0.25, 0.3) is 0 Å². The number of nitrogens with zero attached hydrogens (tertiary/aromatic N) is 3. The Hall–Kier alpha value is -1.49. The first-order chi connectivity index (χ1) is 9.05. The fourth-order valence-electron chi connectivity index (χ4n) is 2.01. The van der Waals surface area contributed by atoms with Gasteiger partial charge in [-0.3, -0.25) is 0 Å². The Morgan fingerprint density at radius 1 is 1.42 bits per heavy atom. The summed E-state index contributed by atoms with van der Waals surface area (Å²) in [7, 11) is -1.98. The van der Waals surface area contributed by atoms with Crippen molar-refractivity contribution in [2.75, 3.05) is 20.3 Å². The molecule has 0 atom stereocenters. The number of pyridine rings is 1. The molecule has 1 aliphatic heterocycles. The molecule has 102 valence electrons. The number of hydrogen-bond acceptors (Lipinski definition) is 5. The Labute approximate surface area is 112 Å². The number of ether oxygens (including phenoxy) is 1. The van der Waals surface area contributed by atoms with Crippen molar-refractivity contribution in [3.05, 3.63) is 24.0 Å². The van der Waals surface area contributed by atoms with Gasteiger partial charge in [-0.05, 0) is 25.0 Å². The Bertz CT molecular complexity index is 571. The summed E-state index contributed by atoms with van der Waals surface area (Å²) in [5, 5.41) is 8.66. The average Bonchev–Trinajstić information content (AvgIpc) is 2.47. The molecule has 0 bridgehead atoms. The summed E-state index contributed by atoms with van der Waals surface area (Å²) in [5.74, 6) is 0. The maximum Gasteiger partial charge on any atom is 0.244 e. The molecule has 2 rings (SSSR count). The molecule has 0 spiro atoms. The molecule has 1 aromatic rings. The molecule has 1 saturated heterocycles. The number of hydrogen-bond donors (Lipinski definition) is 0. The van der Waals surface area contributed by atoms with Crippen LogP contribution >= 0.6 is 0 Å². The molecule has 0 radical (unpaired) electrons. The lowest BCUT2D eigenvalue weighted by Crippen LogP contribution is -2.40. The van der Waals surface area contributed by atoms with Crippen molar-refractivity contribution in [2.45, 2.75) is 23.8 Å². The second-order valence-corrected chi connectivity index (χ2v) is 6.35. The van der Waals surface area contributed by atoms with Crippen LogP contribution in [0.15, 0.2) is 23.2 Å². The van der Waals surface area contributed by atoms with E-state index in [1.165, 1.54) is 22.6 Å². The van der Waals surface area contributed by atoms with Gasteiger partial charge in [0, 0.05) is 32.5 Å². The zero-order valence-electron chi connectivity index (χ0n) is 10.6. The predicted octanol–water partition coefficient (Wildman–Crippen LogP) is 0.753. The molecule has 0 saturated carbocycles. The van der Waals surface area contributed by atoms with Gasteiger partial charge in [0.15, 0.2) is 0 Å². The highest BCUT2D eigenvalue weighted by Crippen LogP contribution is 2.21. The molecular formula is C12H15N3O3S. The van der Waals surface area contributed by atoms with Gasteiger partial charge in [-0.25, -0.2) is 13.4 Å². The van der Waals surface area contributed by atoms with Crippen LogP contribution in [0.3, 0.4) is 0 Å². The highest BCUT2D eigenvalue weighted by molar-refractivity contribution is 7.89. The van der Waals surface area contributed by atoms with Crippen LogP contribution in [0.25, 0.3) is 0 Å². The van der Waals surface area contributed by atoms with Crippen molar-refractivity contribution in [3.63, 3.8) is 0 Å². The van der Waals surface area contributed by atoms with Gasteiger partial charge in [0.05, 0.1) is 0 Å². The third kappa shape index (κ3) is 2.92. The number of nitriles is 1. The summed E-state index contributed by atoms with van der Waals surface area (Å²) in [6, 6.07) is 4.64. The zero-order chi connectivity index (χ0) is 13.9. The fourth-order valence-corrected chi connectivity index (χ4v) is 3.37. The second kappa shape index (κ2) is 5.65. The number of rotatable bonds is 3. The Morgan fingerprint density at radius 3 is 2.63 bits per heavy atom. The van der Waals surface area contributed by atoms with Gasteiger partial charge in [-0.2, -0.15) is 9.57 Å². The van der Waals surface area contributed by atoms with Gasteiger partial charge < -0.3 is 4.74 Å². The van der Waals surface area contributed by atoms with Gasteiger partial charge in [-0.15, -0.1) is 0 Å². The molecule has 1 aromatic heterocycles. The Balaban J connectivity index is 2.22. The van der Waals surface area contributed by atoms with Crippen LogP contribution in [-0.2, 0) is 14.8 Å². The van der Waals surface area contributed by atoms with E-state index in [2.05, 4.69) is 4.98 Å². The van der Waals surface area contributed by atoms with Crippen LogP contribution in [0.1, 0.15) is 18.5 Å². The van der Waals surface area contributed by atoms with Crippen LogP contribution in [0.2, 0.25) is 0 Å². The lowest BCUT2D eigenvalue weighted by atomic mass is 10.1. The normalized spacial score (nSPS) is 17.3. The molecule has 0 unspecified atom stereocenters. The summed E-state index contributed by atoms with van der Waals surface area (Å²) >= 11 is 0. The maximum atomic E-state index is 12.4. The van der Waals surface area contributed by atoms with Crippen molar-refractivity contribution >= 4 is 10.0 Å². The van der Waals surface area contributed by atoms with Crippen LogP contribution in [0.4, 0.5) is 0 Å². The van der Waals surface area contributed by atoms with E-state index in [-0.39, 0.29) is 16.6 Å². The minimum absolute atomic E-state index is 0.0469. The van der Waals surface area contributed by atoms with Gasteiger partial charge in [-0.1, -0.05) is 0 Å². The monoisotopic (exact) mass is 281 g/mol. The third-order valence-corrected chi connectivity index (χ3v) is 5.13. The molecule has 0 N–H and O–H groups in total. The summed E-state index contributed by atoms with van der Waals surface area (Å²) in [4.78, 5) is 3.91. The first-order valence-electron chi connectivity index (χ1n) is 5.97. The highest BCUT2D eigenvalue weighted by atomic mass is 32.2. The summed E-state index contributed by atoms with van der Waals surface area (Å²) in [5.41, 5.74) is 0.202. The van der Waals surface area contributed by atoms with Crippen LogP contribution in [0.5, 0.6) is 0 Å². The van der Waals surface area contributed by atoms with Crippen molar-refractivity contribution in [1.29, 1.82) is 5.26 Å². The second-order valence-electron chi connectivity index (χ2n) is 4.36. The Kier molecular flexibility index (Phi) is 4.14. The maximum absolute atomic E-state index is 12.4. The SMILES string of the molecule is CN(C1CCOCC1)S(=O)(=O)c1ccc(C#N)nc1. The quantitative estimate of drug-likeness (QED) is 0.816. The number of aromatic nitrogens is 1. The molecule has 19 heavy (non-hydrogen) atoms. The van der Waals surface area contributed by atoms with Crippen LogP contribution in [0, 0.1) is 11.3 Å². The van der Waals surface area contributed by atoms with Crippen molar-refractivity contribution < 1.29 is 13.2 Å². The van der Waals surface area contributed by atoms with Gasteiger partial charge >= 0.3 is 0 Å². The molecule has 6 nitrogen and oxygen atoms in total. The first kappa shape index (κ1) is 13.9. The van der Waals surface area contributed by atoms with E-state index in [0.29, 0.717) is 26.1 Å². The smallest absolute Gasteiger partial charge is 0.244 e. The van der Waals surface area contributed by atoms with Crippen molar-refractivity contribution in [2.24, 2.45) is 0 Å². The largest absolute Gasteiger partial charge is 0.381 e. The molecular weight excluding hydrogens is 266 g/mol. The van der Waals surface area contributed by atoms with Gasteiger partial charge in [0.1, 0.15) is 16.7 Å². The molecule has 7 heteroatoms. The summed E-state index contributed by atoms with van der Waals surface area (Å²) in [6.07, 6.45) is 2.61. The van der Waals surface area contributed by atoms with E-state index in [4.69, 9.17) is 10.00 Å². The van der Waals surface area contributed by atoms with Crippen LogP contribution < -0.4 is 0 Å². The van der Waals surface area contributed by atoms with E-state index in [1.54, 1.807) is 7.05 Å². The summed E-state index contributed by atoms with van der Waals surface area (Å²) < 4.78 is 31.4. The highest BCUT2D eigenvalue weighted by Gasteiger charge is 2.29. The minimum atomic E-state index is -3.56. The first-order valence-corrected chi connectivity index (χ1v) is 7.41. The standard InChI is InChI=1S/C12H15N3O3S/c1-15(11-4-6-18-7-5-11)19(16,17)12-3-2-10(8-13)14-9-12/h2-3,9,11H,4-7H2,1H3. The molecule has 0 aliphatic carbocycles. The molecule has 1 fully saturated rings. The van der Waals surface area contributed by atoms with E-state index < -0.39 is 10.0 Å². The van der Waals surface area contributed by atoms with Gasteiger partial charge in [0.2, 0.25) is 10.0 Å². The topological polar surface area (TPSA) is 83.3 Å². The molecule has 1 aliphatic rings. The van der Waals surface area contributed by atoms with Crippen LogP contribution in [-0.4, -0.2) is 44.0 Å². The van der Waals surface area contributed by atoms with E-state index in [9.17, 15) is 8.42 Å². The lowest BCUT2D eigenvalue weighted by Gasteiger charge is -2.30. The summed E-state index contributed by atoms with van der Waals surface area (Å²) in [6.45, 7) is 1.16. The third-order valence-electron chi connectivity index (χ3n) is 3.23. The average molecular weight is 281 g/mol. The fraction of sp³-hybridized carbons (Fsp3) is 0.500. The molecule has 0 aromatic carbocycles. The number of sulfonamides is 1.